The highest BCUT2D eigenvalue weighted by atomic mass is 32.2. The second-order valence-corrected chi connectivity index (χ2v) is 6.03. The Labute approximate surface area is 112 Å². The van der Waals surface area contributed by atoms with Crippen molar-refractivity contribution in [2.24, 2.45) is 0 Å². The van der Waals surface area contributed by atoms with Gasteiger partial charge in [0, 0.05) is 18.7 Å². The summed E-state index contributed by atoms with van der Waals surface area (Å²) in [4.78, 5) is 10.7. The molecule has 0 bridgehead atoms. The minimum Gasteiger partial charge on any atom is -0.475 e. The van der Waals surface area contributed by atoms with Crippen molar-refractivity contribution in [3.8, 4) is 0 Å². The Hall–Kier alpha value is -1.38. The van der Waals surface area contributed by atoms with Crippen LogP contribution in [0.2, 0.25) is 0 Å². The van der Waals surface area contributed by atoms with E-state index in [1.807, 2.05) is 0 Å². The molecule has 0 spiro atoms. The van der Waals surface area contributed by atoms with Crippen LogP contribution >= 0.6 is 0 Å². The van der Waals surface area contributed by atoms with Gasteiger partial charge in [0.25, 0.3) is 0 Å². The molecule has 0 unspecified atom stereocenters. The Kier molecular flexibility index (Phi) is 5.52. The Morgan fingerprint density at radius 1 is 1.42 bits per heavy atom. The van der Waals surface area contributed by atoms with Crippen molar-refractivity contribution in [1.29, 1.82) is 0 Å². The lowest BCUT2D eigenvalue weighted by Crippen LogP contribution is -2.26. The van der Waals surface area contributed by atoms with Gasteiger partial charge in [-0.1, -0.05) is 0 Å². The van der Waals surface area contributed by atoms with E-state index in [1.165, 1.54) is 6.07 Å². The first kappa shape index (κ1) is 15.7. The fourth-order valence-electron chi connectivity index (χ4n) is 1.49. The van der Waals surface area contributed by atoms with E-state index in [1.54, 1.807) is 6.92 Å². The highest BCUT2D eigenvalue weighted by Crippen LogP contribution is 2.14. The number of nitrogens with one attached hydrogen (secondary N) is 2. The molecule has 0 aliphatic rings. The van der Waals surface area contributed by atoms with E-state index in [0.29, 0.717) is 31.8 Å². The summed E-state index contributed by atoms with van der Waals surface area (Å²) in [5.41, 5.74) is 0.786. The van der Waals surface area contributed by atoms with E-state index < -0.39 is 16.0 Å². The van der Waals surface area contributed by atoms with Crippen molar-refractivity contribution in [2.75, 3.05) is 19.3 Å². The number of sulfonamides is 1. The highest BCUT2D eigenvalue weighted by Gasteiger charge is 2.12. The van der Waals surface area contributed by atoms with Gasteiger partial charge in [0.15, 0.2) is 0 Å². The molecule has 7 nitrogen and oxygen atoms in total. The molecular formula is C11H18N2O5S. The third-order valence-electron chi connectivity index (χ3n) is 2.44. The predicted molar refractivity (Wildman–Crippen MR) is 69.6 cm³/mol. The first-order valence-corrected chi connectivity index (χ1v) is 7.66. The Balaban J connectivity index is 2.28. The summed E-state index contributed by atoms with van der Waals surface area (Å²) in [6.07, 6.45) is 1.76. The van der Waals surface area contributed by atoms with Crippen LogP contribution in [0, 0.1) is 6.92 Å². The number of aryl methyl sites for hydroxylation is 1. The zero-order valence-corrected chi connectivity index (χ0v) is 11.7. The second kappa shape index (κ2) is 6.69. The number of rotatable bonds is 8. The number of carboxylic acid groups (broad SMARTS) is 1. The molecule has 1 aromatic rings. The number of carbonyl (C=O) groups is 1. The Morgan fingerprint density at radius 3 is 2.63 bits per heavy atom. The van der Waals surface area contributed by atoms with Gasteiger partial charge >= 0.3 is 5.97 Å². The fourth-order valence-corrected chi connectivity index (χ4v) is 2.01. The normalized spacial score (nSPS) is 11.7. The SMILES string of the molecule is Cc1oc(C(=O)O)cc1CNCCCNS(C)(=O)=O. The van der Waals surface area contributed by atoms with E-state index in [0.717, 1.165) is 11.8 Å². The van der Waals surface area contributed by atoms with Crippen molar-refractivity contribution in [3.05, 3.63) is 23.2 Å². The first-order chi connectivity index (χ1) is 8.79. The largest absolute Gasteiger partial charge is 0.475 e. The lowest BCUT2D eigenvalue weighted by atomic mass is 10.2. The van der Waals surface area contributed by atoms with Crippen molar-refractivity contribution in [2.45, 2.75) is 19.9 Å². The highest BCUT2D eigenvalue weighted by molar-refractivity contribution is 7.88. The molecular weight excluding hydrogens is 272 g/mol. The van der Waals surface area contributed by atoms with Gasteiger partial charge in [-0.25, -0.2) is 17.9 Å². The number of furan rings is 1. The maximum atomic E-state index is 10.8. The molecule has 0 fully saturated rings. The number of hydrogen-bond donors (Lipinski definition) is 3. The van der Waals surface area contributed by atoms with Gasteiger partial charge in [0.05, 0.1) is 6.26 Å². The summed E-state index contributed by atoms with van der Waals surface area (Å²) in [5, 5.41) is 11.9. The molecule has 108 valence electrons. The molecule has 1 aromatic heterocycles. The number of aromatic carboxylic acids is 1. The maximum absolute atomic E-state index is 10.8. The van der Waals surface area contributed by atoms with E-state index in [9.17, 15) is 13.2 Å². The fraction of sp³-hybridized carbons (Fsp3) is 0.545. The smallest absolute Gasteiger partial charge is 0.371 e. The van der Waals surface area contributed by atoms with Crippen LogP contribution in [0.1, 0.15) is 28.3 Å². The van der Waals surface area contributed by atoms with Gasteiger partial charge in [0.2, 0.25) is 15.8 Å². The van der Waals surface area contributed by atoms with E-state index in [4.69, 9.17) is 9.52 Å². The molecule has 0 saturated heterocycles. The van der Waals surface area contributed by atoms with E-state index in [-0.39, 0.29) is 5.76 Å². The third-order valence-corrected chi connectivity index (χ3v) is 3.17. The quantitative estimate of drug-likeness (QED) is 0.595. The molecule has 0 amide bonds. The summed E-state index contributed by atoms with van der Waals surface area (Å²) in [6, 6.07) is 1.49. The van der Waals surface area contributed by atoms with Gasteiger partial charge in [-0.15, -0.1) is 0 Å². The summed E-state index contributed by atoms with van der Waals surface area (Å²) in [7, 11) is -3.13. The topological polar surface area (TPSA) is 109 Å². The van der Waals surface area contributed by atoms with Crippen molar-refractivity contribution >= 4 is 16.0 Å². The van der Waals surface area contributed by atoms with E-state index in [2.05, 4.69) is 10.0 Å². The third kappa shape index (κ3) is 5.86. The summed E-state index contributed by atoms with van der Waals surface area (Å²) < 4.78 is 29.0. The average molecular weight is 290 g/mol. The predicted octanol–water partition coefficient (Wildman–Crippen LogP) is 0.315. The molecule has 0 saturated carbocycles. The van der Waals surface area contributed by atoms with Crippen molar-refractivity contribution in [3.63, 3.8) is 0 Å². The Morgan fingerprint density at radius 2 is 2.11 bits per heavy atom. The lowest BCUT2D eigenvalue weighted by Gasteiger charge is -2.04. The van der Waals surface area contributed by atoms with Gasteiger partial charge in [-0.05, 0) is 26.0 Å². The number of carboxylic acids is 1. The van der Waals surface area contributed by atoms with Crippen LogP contribution in [0.25, 0.3) is 0 Å². The van der Waals surface area contributed by atoms with Gasteiger partial charge in [-0.3, -0.25) is 0 Å². The first-order valence-electron chi connectivity index (χ1n) is 5.77. The Bertz CT molecular complexity index is 535. The minimum absolute atomic E-state index is 0.0759. The van der Waals surface area contributed by atoms with Crippen LogP contribution in [0.4, 0.5) is 0 Å². The second-order valence-electron chi connectivity index (χ2n) is 4.19. The molecule has 0 aromatic carbocycles. The van der Waals surface area contributed by atoms with Gasteiger partial charge in [0.1, 0.15) is 5.76 Å². The van der Waals surface area contributed by atoms with Crippen LogP contribution in [0.15, 0.2) is 10.5 Å². The molecule has 0 radical (unpaired) electrons. The molecule has 0 atom stereocenters. The van der Waals surface area contributed by atoms with Crippen LogP contribution in [0.3, 0.4) is 0 Å². The van der Waals surface area contributed by atoms with Gasteiger partial charge in [-0.2, -0.15) is 0 Å². The standard InChI is InChI=1S/C11H18N2O5S/c1-8-9(6-10(18-8)11(14)15)7-12-4-3-5-13-19(2,16)17/h6,12-13H,3-5,7H2,1-2H3,(H,14,15). The summed E-state index contributed by atoms with van der Waals surface area (Å²) in [6.45, 7) is 3.18. The van der Waals surface area contributed by atoms with Gasteiger partial charge < -0.3 is 14.8 Å². The van der Waals surface area contributed by atoms with Crippen molar-refractivity contribution in [1.82, 2.24) is 10.0 Å². The molecule has 0 aliphatic heterocycles. The molecule has 8 heteroatoms. The summed E-state index contributed by atoms with van der Waals surface area (Å²) >= 11 is 0. The molecule has 3 N–H and O–H groups in total. The van der Waals surface area contributed by atoms with E-state index >= 15 is 0 Å². The number of hydrogen-bond acceptors (Lipinski definition) is 5. The average Bonchev–Trinajstić information content (AvgIpc) is 2.64. The molecule has 1 rings (SSSR count). The van der Waals surface area contributed by atoms with Crippen LogP contribution in [0.5, 0.6) is 0 Å². The van der Waals surface area contributed by atoms with Crippen LogP contribution < -0.4 is 10.0 Å². The van der Waals surface area contributed by atoms with Crippen LogP contribution in [-0.4, -0.2) is 38.8 Å². The summed E-state index contributed by atoms with van der Waals surface area (Å²) in [5.74, 6) is -0.598. The zero-order valence-electron chi connectivity index (χ0n) is 10.9. The monoisotopic (exact) mass is 290 g/mol. The zero-order chi connectivity index (χ0) is 14.5. The molecule has 1 heterocycles. The minimum atomic E-state index is -3.13. The lowest BCUT2D eigenvalue weighted by molar-refractivity contribution is 0.0661. The van der Waals surface area contributed by atoms with Crippen LogP contribution in [-0.2, 0) is 16.6 Å². The molecule has 19 heavy (non-hydrogen) atoms. The maximum Gasteiger partial charge on any atom is 0.371 e. The van der Waals surface area contributed by atoms with Crippen molar-refractivity contribution < 1.29 is 22.7 Å². The molecule has 0 aliphatic carbocycles.